The molecular weight excluding hydrogens is 248 g/mol. The minimum Gasteiger partial charge on any atom is -0.487 e. The molecule has 5 nitrogen and oxygen atoms in total. The molecule has 0 saturated carbocycles. The van der Waals surface area contributed by atoms with Crippen LogP contribution < -0.4 is 10.2 Å². The number of hydrogen-bond acceptors (Lipinski definition) is 4. The Labute approximate surface area is 109 Å². The Morgan fingerprint density at radius 1 is 1.32 bits per heavy atom. The van der Waals surface area contributed by atoms with Gasteiger partial charge in [0.1, 0.15) is 22.3 Å². The molecule has 0 aliphatic carbocycles. The van der Waals surface area contributed by atoms with Gasteiger partial charge in [-0.1, -0.05) is 6.07 Å². The standard InChI is InChI=1S/C14H14O5/c1-14(2,3)19-10-6-4-5-9-12(10)8(15)7-11(18-9)13(16)17/h4-7H,1-3H3,(H,16,17). The monoisotopic (exact) mass is 262 g/mol. The first-order valence-corrected chi connectivity index (χ1v) is 5.77. The molecule has 0 amide bonds. The summed E-state index contributed by atoms with van der Waals surface area (Å²) in [4.78, 5) is 22.9. The third-order valence-electron chi connectivity index (χ3n) is 2.34. The summed E-state index contributed by atoms with van der Waals surface area (Å²) < 4.78 is 10.9. The molecule has 0 aliphatic rings. The molecule has 2 aromatic rings. The maximum atomic E-state index is 12.0. The third-order valence-corrected chi connectivity index (χ3v) is 2.34. The highest BCUT2D eigenvalue weighted by atomic mass is 16.5. The van der Waals surface area contributed by atoms with Gasteiger partial charge < -0.3 is 14.3 Å². The molecule has 0 unspecified atom stereocenters. The maximum Gasteiger partial charge on any atom is 0.371 e. The first-order valence-electron chi connectivity index (χ1n) is 5.77. The van der Waals surface area contributed by atoms with Crippen molar-refractivity contribution in [2.24, 2.45) is 0 Å². The van der Waals surface area contributed by atoms with E-state index in [2.05, 4.69) is 0 Å². The Bertz CT molecular complexity index is 691. The molecule has 0 bridgehead atoms. The van der Waals surface area contributed by atoms with Gasteiger partial charge >= 0.3 is 5.97 Å². The lowest BCUT2D eigenvalue weighted by Gasteiger charge is -2.21. The van der Waals surface area contributed by atoms with Crippen molar-refractivity contribution < 1.29 is 19.1 Å². The largest absolute Gasteiger partial charge is 0.487 e. The van der Waals surface area contributed by atoms with Crippen molar-refractivity contribution in [3.05, 3.63) is 40.2 Å². The molecule has 0 fully saturated rings. The summed E-state index contributed by atoms with van der Waals surface area (Å²) in [5, 5.41) is 9.11. The van der Waals surface area contributed by atoms with Crippen LogP contribution in [-0.2, 0) is 0 Å². The van der Waals surface area contributed by atoms with Gasteiger partial charge in [-0.05, 0) is 32.9 Å². The summed E-state index contributed by atoms with van der Waals surface area (Å²) in [6, 6.07) is 5.81. The van der Waals surface area contributed by atoms with Crippen molar-refractivity contribution in [3.63, 3.8) is 0 Å². The van der Waals surface area contributed by atoms with Crippen molar-refractivity contribution in [2.45, 2.75) is 26.4 Å². The van der Waals surface area contributed by atoms with Gasteiger partial charge in [-0.3, -0.25) is 4.79 Å². The maximum absolute atomic E-state index is 12.0. The minimum atomic E-state index is -1.28. The molecule has 0 saturated heterocycles. The van der Waals surface area contributed by atoms with E-state index in [9.17, 15) is 9.59 Å². The molecule has 1 heterocycles. The topological polar surface area (TPSA) is 76.7 Å². The highest BCUT2D eigenvalue weighted by Gasteiger charge is 2.18. The van der Waals surface area contributed by atoms with Gasteiger partial charge in [-0.25, -0.2) is 4.79 Å². The summed E-state index contributed by atoms with van der Waals surface area (Å²) in [6.07, 6.45) is 0. The predicted octanol–water partition coefficient (Wildman–Crippen LogP) is 2.67. The zero-order valence-electron chi connectivity index (χ0n) is 10.9. The average molecular weight is 262 g/mol. The molecule has 1 N–H and O–H groups in total. The van der Waals surface area contributed by atoms with Crippen LogP contribution in [0.5, 0.6) is 5.75 Å². The van der Waals surface area contributed by atoms with Crippen molar-refractivity contribution in [3.8, 4) is 5.75 Å². The molecule has 0 radical (unpaired) electrons. The Morgan fingerprint density at radius 3 is 2.58 bits per heavy atom. The van der Waals surface area contributed by atoms with Gasteiger partial charge in [0.2, 0.25) is 5.76 Å². The summed E-state index contributed by atoms with van der Waals surface area (Å²) in [7, 11) is 0. The number of aromatic carboxylic acids is 1. The summed E-state index contributed by atoms with van der Waals surface area (Å²) in [5.74, 6) is -1.28. The molecule has 100 valence electrons. The van der Waals surface area contributed by atoms with E-state index >= 15 is 0 Å². The number of fused-ring (bicyclic) bond motifs is 1. The smallest absolute Gasteiger partial charge is 0.371 e. The number of benzene rings is 1. The fraction of sp³-hybridized carbons (Fsp3) is 0.286. The van der Waals surface area contributed by atoms with E-state index in [0.717, 1.165) is 6.07 Å². The molecular formula is C14H14O5. The molecule has 0 atom stereocenters. The number of carboxylic acids is 1. The molecule has 0 spiro atoms. The van der Waals surface area contributed by atoms with E-state index in [4.69, 9.17) is 14.3 Å². The van der Waals surface area contributed by atoms with Crippen LogP contribution in [0, 0.1) is 0 Å². The fourth-order valence-corrected chi connectivity index (χ4v) is 1.70. The minimum absolute atomic E-state index is 0.201. The van der Waals surface area contributed by atoms with Gasteiger partial charge in [0, 0.05) is 6.07 Å². The van der Waals surface area contributed by atoms with E-state index < -0.39 is 17.0 Å². The number of hydrogen-bond donors (Lipinski definition) is 1. The van der Waals surface area contributed by atoms with E-state index in [0.29, 0.717) is 5.75 Å². The molecule has 0 aliphatic heterocycles. The lowest BCUT2D eigenvalue weighted by molar-refractivity contribution is 0.0662. The van der Waals surface area contributed by atoms with Crippen LogP contribution in [0.15, 0.2) is 33.5 Å². The highest BCUT2D eigenvalue weighted by Crippen LogP contribution is 2.26. The van der Waals surface area contributed by atoms with Crippen molar-refractivity contribution >= 4 is 16.9 Å². The van der Waals surface area contributed by atoms with E-state index in [-0.39, 0.29) is 16.7 Å². The molecule has 5 heteroatoms. The molecule has 19 heavy (non-hydrogen) atoms. The van der Waals surface area contributed by atoms with Gasteiger partial charge in [-0.15, -0.1) is 0 Å². The zero-order chi connectivity index (χ0) is 14.2. The second kappa shape index (κ2) is 4.42. The van der Waals surface area contributed by atoms with Crippen LogP contribution in [0.25, 0.3) is 11.0 Å². The molecule has 2 rings (SSSR count). The SMILES string of the molecule is CC(C)(C)Oc1cccc2oc(C(=O)O)cc(=O)c12. The van der Waals surface area contributed by atoms with Crippen LogP contribution in [0.3, 0.4) is 0 Å². The fourth-order valence-electron chi connectivity index (χ4n) is 1.70. The Kier molecular flexibility index (Phi) is 3.06. The molecule has 1 aromatic carbocycles. The van der Waals surface area contributed by atoms with Crippen LogP contribution in [0.4, 0.5) is 0 Å². The number of carbonyl (C=O) groups is 1. The number of ether oxygens (including phenoxy) is 1. The first-order chi connectivity index (χ1) is 8.78. The Balaban J connectivity index is 2.70. The van der Waals surface area contributed by atoms with E-state index in [1.54, 1.807) is 18.2 Å². The van der Waals surface area contributed by atoms with E-state index in [1.165, 1.54) is 0 Å². The van der Waals surface area contributed by atoms with Gasteiger partial charge in [0.15, 0.2) is 5.43 Å². The number of rotatable bonds is 2. The van der Waals surface area contributed by atoms with Gasteiger partial charge in [-0.2, -0.15) is 0 Å². The van der Waals surface area contributed by atoms with Crippen LogP contribution >= 0.6 is 0 Å². The normalized spacial score (nSPS) is 11.5. The van der Waals surface area contributed by atoms with Crippen LogP contribution in [-0.4, -0.2) is 16.7 Å². The van der Waals surface area contributed by atoms with Gasteiger partial charge in [0.25, 0.3) is 0 Å². The third kappa shape index (κ3) is 2.76. The second-order valence-electron chi connectivity index (χ2n) is 5.12. The first kappa shape index (κ1) is 13.1. The average Bonchev–Trinajstić information content (AvgIpc) is 2.26. The van der Waals surface area contributed by atoms with Crippen molar-refractivity contribution in [1.29, 1.82) is 0 Å². The summed E-state index contributed by atoms with van der Waals surface area (Å²) >= 11 is 0. The highest BCUT2D eigenvalue weighted by molar-refractivity contribution is 5.89. The summed E-state index contributed by atoms with van der Waals surface area (Å²) in [5.41, 5.74) is -0.697. The summed E-state index contributed by atoms with van der Waals surface area (Å²) in [6.45, 7) is 5.58. The molecule has 1 aromatic heterocycles. The van der Waals surface area contributed by atoms with E-state index in [1.807, 2.05) is 20.8 Å². The zero-order valence-corrected chi connectivity index (χ0v) is 10.9. The van der Waals surface area contributed by atoms with Gasteiger partial charge in [0.05, 0.1) is 0 Å². The quantitative estimate of drug-likeness (QED) is 0.900. The van der Waals surface area contributed by atoms with Crippen LogP contribution in [0.2, 0.25) is 0 Å². The Hall–Kier alpha value is -2.30. The second-order valence-corrected chi connectivity index (χ2v) is 5.12. The Morgan fingerprint density at radius 2 is 2.00 bits per heavy atom. The number of carboxylic acid groups (broad SMARTS) is 1. The van der Waals surface area contributed by atoms with Crippen molar-refractivity contribution in [1.82, 2.24) is 0 Å². The lowest BCUT2D eigenvalue weighted by Crippen LogP contribution is -2.23. The lowest BCUT2D eigenvalue weighted by atomic mass is 10.1. The van der Waals surface area contributed by atoms with Crippen LogP contribution in [0.1, 0.15) is 31.3 Å². The predicted molar refractivity (Wildman–Crippen MR) is 69.8 cm³/mol. The van der Waals surface area contributed by atoms with Crippen molar-refractivity contribution in [2.75, 3.05) is 0 Å².